The minimum Gasteiger partial charge on any atom is -0.487 e. The van der Waals surface area contributed by atoms with Crippen LogP contribution in [0.3, 0.4) is 0 Å². The summed E-state index contributed by atoms with van der Waals surface area (Å²) >= 11 is 0. The fraction of sp³-hybridized carbons (Fsp3) is 0.500. The van der Waals surface area contributed by atoms with Crippen molar-refractivity contribution in [1.82, 2.24) is 9.55 Å². The van der Waals surface area contributed by atoms with Gasteiger partial charge in [0.05, 0.1) is 11.9 Å². The molecule has 1 aromatic carbocycles. The largest absolute Gasteiger partial charge is 0.487 e. The van der Waals surface area contributed by atoms with Gasteiger partial charge in [0.1, 0.15) is 16.9 Å². The third-order valence-electron chi connectivity index (χ3n) is 8.41. The van der Waals surface area contributed by atoms with E-state index in [1.807, 2.05) is 6.92 Å². The van der Waals surface area contributed by atoms with Crippen molar-refractivity contribution in [3.8, 4) is 16.9 Å². The first-order valence-electron chi connectivity index (χ1n) is 13.4. The summed E-state index contributed by atoms with van der Waals surface area (Å²) in [6, 6.07) is 6.62. The van der Waals surface area contributed by atoms with Crippen molar-refractivity contribution in [2.45, 2.75) is 50.2 Å². The summed E-state index contributed by atoms with van der Waals surface area (Å²) in [6.07, 6.45) is 8.17. The Labute approximate surface area is 208 Å². The van der Waals surface area contributed by atoms with Gasteiger partial charge in [0.2, 0.25) is 10.0 Å². The summed E-state index contributed by atoms with van der Waals surface area (Å²) in [7, 11) is -3.59. The number of aliphatic hydroxyl groups is 1. The number of hydrogen-bond donors (Lipinski definition) is 3. The molecule has 4 aliphatic rings. The molecule has 4 aliphatic carbocycles. The number of nitrogens with one attached hydrogen (secondary N) is 2. The molecule has 2 unspecified atom stereocenters. The van der Waals surface area contributed by atoms with E-state index in [0.29, 0.717) is 51.3 Å². The molecule has 0 radical (unpaired) electrons. The normalized spacial score (nSPS) is 33.3. The van der Waals surface area contributed by atoms with Gasteiger partial charge in [-0.3, -0.25) is 9.52 Å². The zero-order valence-corrected chi connectivity index (χ0v) is 20.5. The average Bonchev–Trinajstić information content (AvgIpc) is 3.28. The number of anilines is 1. The predicted molar refractivity (Wildman–Crippen MR) is 135 cm³/mol. The molecule has 4 fully saturated rings. The van der Waals surface area contributed by atoms with Crippen LogP contribution in [0.15, 0.2) is 41.5 Å². The van der Waals surface area contributed by atoms with E-state index >= 15 is 0 Å². The first-order chi connectivity index (χ1) is 17.7. The second kappa shape index (κ2) is 7.36. The average molecular weight is 501 g/mol. The van der Waals surface area contributed by atoms with E-state index in [2.05, 4.69) is 9.71 Å². The van der Waals surface area contributed by atoms with E-state index in [0.717, 1.165) is 25.5 Å². The number of aryl methyl sites for hydroxylation is 1. The summed E-state index contributed by atoms with van der Waals surface area (Å²) in [5.41, 5.74) is -0.540. The standard InChI is InChI=1S/C26H31N3O5S/c1-25(31)16-8-15-9-17(25)13-26(11-15,12-16)34-22-5-4-18(28-35(3,32)33)10-20(22)21-14-29(2)24(30)23-19(21)6-7-27-23/h4-7,10,14-17,27-28,31H,8-9,11-13H2,1-3H3/i2D3. The first kappa shape index (κ1) is 19.4. The Morgan fingerprint density at radius 1 is 1.20 bits per heavy atom. The van der Waals surface area contributed by atoms with Gasteiger partial charge in [-0.1, -0.05) is 0 Å². The van der Waals surface area contributed by atoms with Gasteiger partial charge in [-0.25, -0.2) is 8.42 Å². The minimum absolute atomic E-state index is 0.136. The van der Waals surface area contributed by atoms with Crippen LogP contribution >= 0.6 is 0 Å². The van der Waals surface area contributed by atoms with Crippen molar-refractivity contribution in [2.75, 3.05) is 11.0 Å². The van der Waals surface area contributed by atoms with Crippen molar-refractivity contribution in [1.29, 1.82) is 0 Å². The maximum Gasteiger partial charge on any atom is 0.274 e. The number of pyridine rings is 1. The van der Waals surface area contributed by atoms with Gasteiger partial charge in [-0.15, -0.1) is 0 Å². The Morgan fingerprint density at radius 2 is 1.94 bits per heavy atom. The number of aromatic amines is 1. The topological polar surface area (TPSA) is 113 Å². The molecular weight excluding hydrogens is 466 g/mol. The lowest BCUT2D eigenvalue weighted by Crippen LogP contribution is -2.64. The number of hydrogen-bond acceptors (Lipinski definition) is 5. The van der Waals surface area contributed by atoms with Gasteiger partial charge in [-0.2, -0.15) is 0 Å². The van der Waals surface area contributed by atoms with Crippen LogP contribution in [0.5, 0.6) is 5.75 Å². The number of nitrogens with zero attached hydrogens (tertiary/aromatic N) is 1. The van der Waals surface area contributed by atoms with E-state index in [-0.39, 0.29) is 17.4 Å². The van der Waals surface area contributed by atoms with Gasteiger partial charge >= 0.3 is 0 Å². The van der Waals surface area contributed by atoms with Gasteiger partial charge < -0.3 is 19.4 Å². The second-order valence-corrected chi connectivity index (χ2v) is 12.7. The van der Waals surface area contributed by atoms with E-state index in [1.165, 1.54) is 6.20 Å². The summed E-state index contributed by atoms with van der Waals surface area (Å²) in [5.74, 6) is 1.22. The Kier molecular flexibility index (Phi) is 4.09. The maximum atomic E-state index is 12.9. The number of benzene rings is 1. The smallest absolute Gasteiger partial charge is 0.274 e. The number of H-pyrrole nitrogens is 1. The molecule has 3 N–H and O–H groups in total. The summed E-state index contributed by atoms with van der Waals surface area (Å²) in [4.78, 5) is 15.8. The van der Waals surface area contributed by atoms with Gasteiger partial charge in [0, 0.05) is 45.7 Å². The van der Waals surface area contributed by atoms with Crippen LogP contribution in [-0.2, 0) is 17.0 Å². The lowest BCUT2D eigenvalue weighted by molar-refractivity contribution is -0.210. The van der Waals surface area contributed by atoms with E-state index in [4.69, 9.17) is 8.85 Å². The molecule has 0 aliphatic heterocycles. The molecule has 9 heteroatoms. The van der Waals surface area contributed by atoms with Crippen LogP contribution in [0.1, 0.15) is 43.1 Å². The third kappa shape index (κ3) is 3.67. The van der Waals surface area contributed by atoms with Gasteiger partial charge in [0.15, 0.2) is 0 Å². The molecule has 0 amide bonds. The molecule has 2 aromatic heterocycles. The Hall–Kier alpha value is -2.78. The zero-order valence-electron chi connectivity index (χ0n) is 22.7. The number of rotatable bonds is 5. The highest BCUT2D eigenvalue weighted by atomic mass is 32.2. The Bertz CT molecular complexity index is 1590. The van der Waals surface area contributed by atoms with E-state index < -0.39 is 33.8 Å². The molecule has 4 saturated carbocycles. The molecule has 2 atom stereocenters. The number of aromatic nitrogens is 2. The summed E-state index contributed by atoms with van der Waals surface area (Å²) in [5, 5.41) is 11.7. The number of fused-ring (bicyclic) bond motifs is 1. The molecule has 7 rings (SSSR count). The van der Waals surface area contributed by atoms with Crippen LogP contribution in [0.2, 0.25) is 0 Å². The molecule has 2 heterocycles. The fourth-order valence-corrected chi connectivity index (χ4v) is 7.52. The van der Waals surface area contributed by atoms with Gasteiger partial charge in [-0.05, 0) is 81.0 Å². The molecule has 8 nitrogen and oxygen atoms in total. The van der Waals surface area contributed by atoms with Crippen LogP contribution < -0.4 is 15.0 Å². The molecule has 186 valence electrons. The minimum atomic E-state index is -3.59. The van der Waals surface area contributed by atoms with E-state index in [9.17, 15) is 18.3 Å². The Balaban J connectivity index is 1.52. The van der Waals surface area contributed by atoms with Crippen LogP contribution in [-0.4, -0.2) is 40.5 Å². The maximum absolute atomic E-state index is 12.9. The van der Waals surface area contributed by atoms with Crippen molar-refractivity contribution >= 4 is 26.6 Å². The molecule has 35 heavy (non-hydrogen) atoms. The fourth-order valence-electron chi connectivity index (χ4n) is 6.96. The van der Waals surface area contributed by atoms with E-state index in [1.54, 1.807) is 30.5 Å². The molecule has 4 bridgehead atoms. The molecular formula is C26H31N3O5S. The molecule has 3 aromatic rings. The highest BCUT2D eigenvalue weighted by Gasteiger charge is 2.61. The first-order valence-corrected chi connectivity index (χ1v) is 13.8. The predicted octanol–water partition coefficient (Wildman–Crippen LogP) is 3.61. The lowest BCUT2D eigenvalue weighted by atomic mass is 9.48. The molecule has 0 saturated heterocycles. The SMILES string of the molecule is [2H]C([2H])([2H])n1cc(-c2cc(NS(C)(=O)=O)ccc2OC23CC4CC(C2)C(C)(O)C(C4)C3)c2cc[nH]c2c1=O. The monoisotopic (exact) mass is 500 g/mol. The number of sulfonamides is 1. The zero-order chi connectivity index (χ0) is 27.3. The Morgan fingerprint density at radius 3 is 2.63 bits per heavy atom. The highest BCUT2D eigenvalue weighted by Crippen LogP contribution is 2.61. The molecule has 0 spiro atoms. The van der Waals surface area contributed by atoms with Crippen LogP contribution in [0.25, 0.3) is 22.0 Å². The van der Waals surface area contributed by atoms with Crippen molar-refractivity contribution in [3.63, 3.8) is 0 Å². The van der Waals surface area contributed by atoms with Crippen LogP contribution in [0.4, 0.5) is 5.69 Å². The van der Waals surface area contributed by atoms with Crippen molar-refractivity contribution in [2.24, 2.45) is 24.7 Å². The van der Waals surface area contributed by atoms with Crippen molar-refractivity contribution in [3.05, 3.63) is 47.0 Å². The quantitative estimate of drug-likeness (QED) is 0.495. The number of ether oxygens (including phenoxy) is 1. The lowest BCUT2D eigenvalue weighted by Gasteiger charge is -2.62. The highest BCUT2D eigenvalue weighted by molar-refractivity contribution is 7.92. The van der Waals surface area contributed by atoms with Crippen LogP contribution in [0, 0.1) is 17.8 Å². The third-order valence-corrected chi connectivity index (χ3v) is 9.02. The van der Waals surface area contributed by atoms with Gasteiger partial charge in [0.25, 0.3) is 5.56 Å². The second-order valence-electron chi connectivity index (χ2n) is 10.9. The summed E-state index contributed by atoms with van der Waals surface area (Å²) in [6.45, 7) is -0.786. The van der Waals surface area contributed by atoms with Crippen molar-refractivity contribution < 1.29 is 22.4 Å². The summed E-state index contributed by atoms with van der Waals surface area (Å²) < 4.78 is 57.8.